The van der Waals surface area contributed by atoms with Crippen molar-refractivity contribution in [3.05, 3.63) is 23.2 Å². The molecule has 0 radical (unpaired) electrons. The molecule has 0 aliphatic heterocycles. The molecule has 0 aliphatic rings. The topological polar surface area (TPSA) is 12.0 Å². The lowest BCUT2D eigenvalue weighted by molar-refractivity contribution is 1.47. The van der Waals surface area contributed by atoms with Crippen LogP contribution in [0, 0.1) is 0 Å². The van der Waals surface area contributed by atoms with Gasteiger partial charge in [-0.1, -0.05) is 17.7 Å². The van der Waals surface area contributed by atoms with Gasteiger partial charge in [-0.25, -0.2) is 0 Å². The molecule has 0 spiro atoms. The van der Waals surface area contributed by atoms with E-state index < -0.39 is 0 Å². The minimum Gasteiger partial charge on any atom is -0.297 e. The zero-order valence-electron chi connectivity index (χ0n) is 4.94. The minimum atomic E-state index is 0.592. The van der Waals surface area contributed by atoms with E-state index in [0.717, 1.165) is 5.69 Å². The van der Waals surface area contributed by atoms with Gasteiger partial charge in [0, 0.05) is 16.7 Å². The molecule has 1 rings (SSSR count). The zero-order chi connectivity index (χ0) is 7.56. The highest BCUT2D eigenvalue weighted by Crippen LogP contribution is 2.27. The molecule has 1 nitrogen and oxygen atoms in total. The summed E-state index contributed by atoms with van der Waals surface area (Å²) in [6.07, 6.45) is 0. The average Bonchev–Trinajstić information content (AvgIpc) is 1.95. The van der Waals surface area contributed by atoms with E-state index in [0.29, 0.717) is 9.92 Å². The quantitative estimate of drug-likeness (QED) is 0.516. The first-order valence-electron chi connectivity index (χ1n) is 2.60. The summed E-state index contributed by atoms with van der Waals surface area (Å²) < 4.78 is 0. The summed E-state index contributed by atoms with van der Waals surface area (Å²) in [7, 11) is 0. The largest absolute Gasteiger partial charge is 0.297 e. The lowest BCUT2D eigenvalue weighted by atomic mass is 10.3. The van der Waals surface area contributed by atoms with Gasteiger partial charge in [-0.05, 0) is 12.1 Å². The SMILES string of the molecule is Sc1c(Cl)cccc1NCl. The van der Waals surface area contributed by atoms with E-state index in [9.17, 15) is 0 Å². The number of nitrogens with one attached hydrogen (secondary N) is 1. The number of anilines is 1. The predicted molar refractivity (Wildman–Crippen MR) is 48.2 cm³/mol. The van der Waals surface area contributed by atoms with Crippen LogP contribution in [0.2, 0.25) is 5.02 Å². The van der Waals surface area contributed by atoms with Gasteiger partial charge in [0.2, 0.25) is 0 Å². The normalized spacial score (nSPS) is 9.50. The Balaban J connectivity index is 3.14. The molecule has 0 aliphatic carbocycles. The van der Waals surface area contributed by atoms with Crippen molar-refractivity contribution in [3.63, 3.8) is 0 Å². The van der Waals surface area contributed by atoms with Crippen LogP contribution in [0.1, 0.15) is 0 Å². The van der Waals surface area contributed by atoms with Crippen molar-refractivity contribution in [1.29, 1.82) is 0 Å². The number of hydrogen-bond acceptors (Lipinski definition) is 2. The molecule has 0 saturated carbocycles. The van der Waals surface area contributed by atoms with Crippen molar-refractivity contribution in [2.24, 2.45) is 0 Å². The lowest BCUT2D eigenvalue weighted by Crippen LogP contribution is -1.81. The second kappa shape index (κ2) is 3.37. The van der Waals surface area contributed by atoms with E-state index >= 15 is 0 Å². The maximum Gasteiger partial charge on any atom is 0.0640 e. The van der Waals surface area contributed by atoms with Crippen LogP contribution < -0.4 is 4.84 Å². The standard InChI is InChI=1S/C6H5Cl2NS/c7-4-2-1-3-5(9-8)6(4)10/h1-3,9-10H. The summed E-state index contributed by atoms with van der Waals surface area (Å²) in [6, 6.07) is 5.34. The maximum absolute atomic E-state index is 5.72. The molecule has 0 saturated heterocycles. The maximum atomic E-state index is 5.72. The van der Waals surface area contributed by atoms with Crippen LogP contribution in [0.15, 0.2) is 23.1 Å². The summed E-state index contributed by atoms with van der Waals surface area (Å²) in [5.41, 5.74) is 0.720. The van der Waals surface area contributed by atoms with Crippen molar-refractivity contribution >= 4 is 41.7 Å². The number of hydrogen-bond donors (Lipinski definition) is 2. The molecule has 0 atom stereocenters. The van der Waals surface area contributed by atoms with Crippen LogP contribution in [0.25, 0.3) is 0 Å². The van der Waals surface area contributed by atoms with Crippen molar-refractivity contribution in [3.8, 4) is 0 Å². The number of halogens is 2. The first-order chi connectivity index (χ1) is 4.75. The van der Waals surface area contributed by atoms with Crippen LogP contribution in [-0.2, 0) is 0 Å². The summed E-state index contributed by atoms with van der Waals surface area (Å²) >= 11 is 15.2. The Morgan fingerprint density at radius 3 is 2.60 bits per heavy atom. The van der Waals surface area contributed by atoms with Crippen molar-refractivity contribution in [2.75, 3.05) is 4.84 Å². The Kier molecular flexibility index (Phi) is 2.72. The van der Waals surface area contributed by atoms with Gasteiger partial charge in [0.25, 0.3) is 0 Å². The highest BCUT2D eigenvalue weighted by atomic mass is 35.5. The van der Waals surface area contributed by atoms with Crippen LogP contribution in [0.3, 0.4) is 0 Å². The van der Waals surface area contributed by atoms with Gasteiger partial charge in [-0.3, -0.25) is 4.84 Å². The molecule has 54 valence electrons. The molecule has 0 bridgehead atoms. The first-order valence-corrected chi connectivity index (χ1v) is 3.80. The molecule has 0 fully saturated rings. The monoisotopic (exact) mass is 193 g/mol. The van der Waals surface area contributed by atoms with E-state index in [1.165, 1.54) is 0 Å². The third-order valence-corrected chi connectivity index (χ3v) is 2.22. The Hall–Kier alpha value is -0.0500. The Morgan fingerprint density at radius 1 is 1.40 bits per heavy atom. The Bertz CT molecular complexity index is 239. The van der Waals surface area contributed by atoms with Crippen LogP contribution in [0.5, 0.6) is 0 Å². The second-order valence-corrected chi connectivity index (χ2v) is 2.77. The number of thiol groups is 1. The van der Waals surface area contributed by atoms with E-state index in [2.05, 4.69) is 17.5 Å². The molecule has 0 heterocycles. The molecule has 4 heteroatoms. The van der Waals surface area contributed by atoms with Crippen molar-refractivity contribution < 1.29 is 0 Å². The smallest absolute Gasteiger partial charge is 0.0640 e. The summed E-state index contributed by atoms with van der Waals surface area (Å²) in [5, 5.41) is 0.592. The fraction of sp³-hybridized carbons (Fsp3) is 0. The molecular weight excluding hydrogens is 189 g/mol. The minimum absolute atomic E-state index is 0.592. The molecular formula is C6H5Cl2NS. The van der Waals surface area contributed by atoms with Crippen LogP contribution in [0.4, 0.5) is 5.69 Å². The van der Waals surface area contributed by atoms with Gasteiger partial charge in [-0.15, -0.1) is 12.6 Å². The molecule has 0 aromatic heterocycles. The van der Waals surface area contributed by atoms with Crippen LogP contribution >= 0.6 is 36.0 Å². The van der Waals surface area contributed by atoms with Crippen molar-refractivity contribution in [1.82, 2.24) is 0 Å². The van der Waals surface area contributed by atoms with E-state index in [-0.39, 0.29) is 0 Å². The van der Waals surface area contributed by atoms with E-state index in [1.54, 1.807) is 18.2 Å². The van der Waals surface area contributed by atoms with Gasteiger partial charge >= 0.3 is 0 Å². The second-order valence-electron chi connectivity index (χ2n) is 1.73. The molecule has 0 amide bonds. The van der Waals surface area contributed by atoms with Gasteiger partial charge < -0.3 is 0 Å². The van der Waals surface area contributed by atoms with Gasteiger partial charge in [0.1, 0.15) is 0 Å². The molecule has 1 aromatic carbocycles. The molecule has 1 N–H and O–H groups in total. The first kappa shape index (κ1) is 8.05. The van der Waals surface area contributed by atoms with E-state index in [4.69, 9.17) is 23.4 Å². The third kappa shape index (κ3) is 1.51. The summed E-state index contributed by atoms with van der Waals surface area (Å²) in [6.45, 7) is 0. The highest BCUT2D eigenvalue weighted by molar-refractivity contribution is 7.80. The lowest BCUT2D eigenvalue weighted by Gasteiger charge is -2.01. The predicted octanol–water partition coefficient (Wildman–Crippen LogP) is 3.19. The average molecular weight is 194 g/mol. The summed E-state index contributed by atoms with van der Waals surface area (Å²) in [4.78, 5) is 3.11. The third-order valence-electron chi connectivity index (χ3n) is 1.09. The number of rotatable bonds is 1. The van der Waals surface area contributed by atoms with Crippen LogP contribution in [-0.4, -0.2) is 0 Å². The van der Waals surface area contributed by atoms with E-state index in [1.807, 2.05) is 0 Å². The molecule has 0 unspecified atom stereocenters. The Morgan fingerprint density at radius 2 is 2.10 bits per heavy atom. The number of benzene rings is 1. The fourth-order valence-electron chi connectivity index (χ4n) is 0.592. The highest BCUT2D eigenvalue weighted by Gasteiger charge is 1.99. The van der Waals surface area contributed by atoms with Gasteiger partial charge in [-0.2, -0.15) is 0 Å². The fourth-order valence-corrected chi connectivity index (χ4v) is 1.19. The molecule has 1 aromatic rings. The summed E-state index contributed by atoms with van der Waals surface area (Å²) in [5.74, 6) is 0. The van der Waals surface area contributed by atoms with Gasteiger partial charge in [0.15, 0.2) is 0 Å². The Labute approximate surface area is 74.9 Å². The zero-order valence-corrected chi connectivity index (χ0v) is 7.34. The van der Waals surface area contributed by atoms with Crippen molar-refractivity contribution in [2.45, 2.75) is 4.90 Å². The van der Waals surface area contributed by atoms with Gasteiger partial charge in [0.05, 0.1) is 10.7 Å². The molecule has 10 heavy (non-hydrogen) atoms.